The molecular formula is H5ClLi2O4S. The van der Waals surface area contributed by atoms with Crippen LogP contribution in [0.1, 0.15) is 0 Å². The van der Waals surface area contributed by atoms with Crippen molar-refractivity contribution in [2.75, 3.05) is 0 Å². The first-order valence-corrected chi connectivity index (χ1v) is 1.90. The summed E-state index contributed by atoms with van der Waals surface area (Å²) in [5.74, 6) is 0. The van der Waals surface area contributed by atoms with Crippen LogP contribution in [0.25, 0.3) is 0 Å². The van der Waals surface area contributed by atoms with Crippen molar-refractivity contribution < 1.29 is 28.9 Å². The molecule has 8 heteroatoms. The maximum absolute atomic E-state index is 8.60. The molecule has 0 spiro atoms. The van der Waals surface area contributed by atoms with Gasteiger partial charge in [-0.2, -0.15) is 27.5 Å². The largest absolute Gasteiger partial charge is 0.183 e. The van der Waals surface area contributed by atoms with Crippen LogP contribution < -0.4 is 14.0 Å². The van der Waals surface area contributed by atoms with Crippen molar-refractivity contribution in [1.29, 1.82) is 0 Å². The molecule has 0 aromatic heterocycles. The third-order valence-corrected chi connectivity index (χ3v) is 0. The van der Waals surface area contributed by atoms with Gasteiger partial charge in [-0.3, -0.25) is 0 Å². The van der Waals surface area contributed by atoms with Gasteiger partial charge in [0.05, 0.1) is 14.9 Å². The zero-order valence-corrected chi connectivity index (χ0v) is 4.31. The first-order chi connectivity index (χ1) is 2.00. The third-order valence-electron chi connectivity index (χ3n) is 0. The Labute approximate surface area is 79.8 Å². The molecule has 1 N–H and O–H groups in total. The van der Waals surface area contributed by atoms with Crippen LogP contribution in [-0.4, -0.2) is 42.4 Å². The number of halogens is 1. The van der Waals surface area contributed by atoms with Crippen molar-refractivity contribution in [3.8, 4) is 0 Å². The van der Waals surface area contributed by atoms with Crippen LogP contribution in [0.2, 0.25) is 0 Å². The van der Waals surface area contributed by atoms with Crippen LogP contribution in [-0.2, 0) is 0 Å². The zero-order valence-electron chi connectivity index (χ0n) is 2.55. The van der Waals surface area contributed by atoms with E-state index in [4.69, 9.17) is 18.6 Å². The van der Waals surface area contributed by atoms with Crippen LogP contribution in [0.3, 0.4) is 0 Å². The molecule has 0 aliphatic heterocycles. The van der Waals surface area contributed by atoms with Crippen molar-refractivity contribution in [2.24, 2.45) is 0 Å². The summed E-state index contributed by atoms with van der Waals surface area (Å²) in [6, 6.07) is 0. The van der Waals surface area contributed by atoms with Crippen LogP contribution in [0.4, 0.5) is 0 Å². The van der Waals surface area contributed by atoms with Gasteiger partial charge < -0.3 is 0 Å². The van der Waals surface area contributed by atoms with Gasteiger partial charge in [0.1, 0.15) is 0 Å². The summed E-state index contributed by atoms with van der Waals surface area (Å²) >= 11 is 0. The average Bonchev–Trinajstić information content (AvgIpc) is 0.722. The molecule has 0 aliphatic carbocycles. The molecular weight excluding hydrogens is 145 g/mol. The Balaban J connectivity index is -0.0000000267. The summed E-state index contributed by atoms with van der Waals surface area (Å²) in [5, 5.41) is 0. The molecule has 0 bridgehead atoms. The fourth-order valence-electron chi connectivity index (χ4n) is 0. The topological polar surface area (TPSA) is 89.4 Å². The van der Waals surface area contributed by atoms with Gasteiger partial charge in [-0.25, -0.2) is 0 Å². The maximum Gasteiger partial charge on any atom is 0.0777 e. The van der Waals surface area contributed by atoms with E-state index in [1.165, 1.54) is 0 Å². The van der Waals surface area contributed by atoms with E-state index in [1.54, 1.807) is 0 Å². The summed E-state index contributed by atoms with van der Waals surface area (Å²) in [5.41, 5.74) is 0. The molecule has 0 unspecified atom stereocenters. The summed E-state index contributed by atoms with van der Waals surface area (Å²) in [4.78, 5) is 0. The minimum absolute atomic E-state index is 0. The second-order valence-electron chi connectivity index (χ2n) is 0.396. The second-order valence-corrected chi connectivity index (χ2v) is 1.19. The van der Waals surface area contributed by atoms with E-state index >= 15 is 0 Å². The zero-order chi connectivity index (χ0) is 4.50. The SMILES string of the molecule is S.[LiH].[LiH].[O-][Cl+3]([O-])([O-])O. The van der Waals surface area contributed by atoms with E-state index in [0.717, 1.165) is 0 Å². The van der Waals surface area contributed by atoms with E-state index in [1.807, 2.05) is 0 Å². The minimum atomic E-state index is -4.69. The van der Waals surface area contributed by atoms with Crippen molar-refractivity contribution >= 4 is 51.2 Å². The standard InChI is InChI=1S/ClHO4.2Li.H2S.2H/c2-1(3,4)5;;;;;/h(H,2,3,4,5);;;1H2;;. The summed E-state index contributed by atoms with van der Waals surface area (Å²) in [7, 11) is -4.69. The normalized spacial score (nSPS) is 7.50. The van der Waals surface area contributed by atoms with Crippen LogP contribution >= 0.6 is 13.5 Å². The fourth-order valence-corrected chi connectivity index (χ4v) is 0. The van der Waals surface area contributed by atoms with Gasteiger partial charge in [-0.05, 0) is 0 Å². The second kappa shape index (κ2) is 8.67. The van der Waals surface area contributed by atoms with Gasteiger partial charge in [0, 0.05) is 0 Å². The van der Waals surface area contributed by atoms with Gasteiger partial charge in [-0.1, -0.05) is 0 Å². The first-order valence-electron chi connectivity index (χ1n) is 0.632. The van der Waals surface area contributed by atoms with Crippen molar-refractivity contribution in [3.63, 3.8) is 0 Å². The molecule has 44 valence electrons. The first kappa shape index (κ1) is 22.6. The molecule has 0 amide bonds. The molecule has 0 aromatic carbocycles. The molecule has 4 nitrogen and oxygen atoms in total. The molecule has 0 saturated heterocycles. The Kier molecular flexibility index (Phi) is 24.5. The van der Waals surface area contributed by atoms with Crippen LogP contribution in [0.5, 0.6) is 0 Å². The number of rotatable bonds is 0. The summed E-state index contributed by atoms with van der Waals surface area (Å²) in [6.45, 7) is 0. The minimum Gasteiger partial charge on any atom is -0.183 e. The van der Waals surface area contributed by atoms with Crippen molar-refractivity contribution in [3.05, 3.63) is 0 Å². The third kappa shape index (κ3) is 122. The Bertz CT molecular complexity index is 29.5. The molecule has 0 heterocycles. The predicted octanol–water partition coefficient (Wildman–Crippen LogP) is -5.31. The Hall–Kier alpha value is 1.67. The van der Waals surface area contributed by atoms with E-state index in [9.17, 15) is 0 Å². The van der Waals surface area contributed by atoms with Gasteiger partial charge in [0.25, 0.3) is 0 Å². The molecule has 0 aromatic rings. The van der Waals surface area contributed by atoms with Crippen LogP contribution in [0, 0.1) is 10.2 Å². The van der Waals surface area contributed by atoms with E-state index in [2.05, 4.69) is 0 Å². The smallest absolute Gasteiger partial charge is 0.0777 e. The average molecular weight is 150 g/mol. The maximum atomic E-state index is 8.60. The quantitative estimate of drug-likeness (QED) is 0.349. The molecule has 0 saturated carbocycles. The molecule has 8 heavy (non-hydrogen) atoms. The Morgan fingerprint density at radius 2 is 1.00 bits per heavy atom. The van der Waals surface area contributed by atoms with E-state index < -0.39 is 10.2 Å². The summed E-state index contributed by atoms with van der Waals surface area (Å²) < 4.78 is 32.7. The van der Waals surface area contributed by atoms with Crippen molar-refractivity contribution in [2.45, 2.75) is 0 Å². The van der Waals surface area contributed by atoms with E-state index in [0.29, 0.717) is 0 Å². The molecule has 0 rings (SSSR count). The number of hydrogen-bond donors (Lipinski definition) is 1. The van der Waals surface area contributed by atoms with Gasteiger partial charge in [0.2, 0.25) is 0 Å². The van der Waals surface area contributed by atoms with Crippen LogP contribution in [0.15, 0.2) is 0 Å². The molecule has 0 atom stereocenters. The number of hydrogen-bond acceptors (Lipinski definition) is 4. The summed E-state index contributed by atoms with van der Waals surface area (Å²) in [6.07, 6.45) is 0. The van der Waals surface area contributed by atoms with Crippen molar-refractivity contribution in [1.82, 2.24) is 0 Å². The Morgan fingerprint density at radius 3 is 1.00 bits per heavy atom. The fraction of sp³-hybridized carbons (Fsp3) is 0. The Morgan fingerprint density at radius 1 is 1.00 bits per heavy atom. The van der Waals surface area contributed by atoms with Gasteiger partial charge in [-0.15, -0.1) is 0 Å². The van der Waals surface area contributed by atoms with E-state index in [-0.39, 0.29) is 51.2 Å². The molecule has 0 aliphatic rings. The predicted molar refractivity (Wildman–Crippen MR) is 26.9 cm³/mol. The van der Waals surface area contributed by atoms with Gasteiger partial charge in [0.15, 0.2) is 0 Å². The molecule has 0 fully saturated rings. The monoisotopic (exact) mass is 150 g/mol. The van der Waals surface area contributed by atoms with Gasteiger partial charge >= 0.3 is 37.7 Å². The molecule has 0 radical (unpaired) electrons.